The van der Waals surface area contributed by atoms with E-state index < -0.39 is 0 Å². The molecule has 1 aliphatic rings. The highest BCUT2D eigenvalue weighted by atomic mass is 16.2. The number of hydrogen-bond acceptors (Lipinski definition) is 2. The molecule has 0 aromatic rings. The number of unbranched alkanes of at least 4 members (excludes halogenated alkanes) is 2. The molecule has 14 heavy (non-hydrogen) atoms. The Morgan fingerprint density at radius 3 is 2.79 bits per heavy atom. The lowest BCUT2D eigenvalue weighted by Gasteiger charge is -2.20. The molecule has 1 aliphatic heterocycles. The Morgan fingerprint density at radius 1 is 1.57 bits per heavy atom. The van der Waals surface area contributed by atoms with E-state index >= 15 is 0 Å². The summed E-state index contributed by atoms with van der Waals surface area (Å²) in [6, 6.07) is 0.0272. The summed E-state index contributed by atoms with van der Waals surface area (Å²) in [5.74, 6) is 0.154. The fourth-order valence-corrected chi connectivity index (χ4v) is 1.74. The van der Waals surface area contributed by atoms with Crippen LogP contribution in [-0.2, 0) is 4.79 Å². The van der Waals surface area contributed by atoms with Gasteiger partial charge < -0.3 is 5.32 Å². The van der Waals surface area contributed by atoms with Crippen LogP contribution in [-0.4, -0.2) is 30.1 Å². The van der Waals surface area contributed by atoms with Gasteiger partial charge in [-0.3, -0.25) is 9.69 Å². The van der Waals surface area contributed by atoms with E-state index in [4.69, 9.17) is 0 Å². The first-order valence-electron chi connectivity index (χ1n) is 5.30. The number of carbonyl (C=O) groups is 1. The molecule has 0 saturated carbocycles. The van der Waals surface area contributed by atoms with Crippen LogP contribution in [0.15, 0.2) is 12.7 Å². The van der Waals surface area contributed by atoms with Gasteiger partial charge in [-0.2, -0.15) is 0 Å². The standard InChI is InChI=1S/C11H20N2O/c1-4-5-6-7-8-10-12-11(14)9(2)13(10)3/h4,9-10H,1,5-8H2,2-3H3,(H,12,14)/t9-,10?/m0/s1. The molecule has 1 fully saturated rings. The second-order valence-corrected chi connectivity index (χ2v) is 3.94. The summed E-state index contributed by atoms with van der Waals surface area (Å²) in [6.45, 7) is 5.63. The van der Waals surface area contributed by atoms with Crippen molar-refractivity contribution >= 4 is 5.91 Å². The van der Waals surface area contributed by atoms with Crippen molar-refractivity contribution in [3.8, 4) is 0 Å². The average Bonchev–Trinajstić information content (AvgIpc) is 2.41. The smallest absolute Gasteiger partial charge is 0.238 e. The lowest BCUT2D eigenvalue weighted by Crippen LogP contribution is -2.34. The summed E-state index contributed by atoms with van der Waals surface area (Å²) in [6.07, 6.45) is 6.61. The minimum Gasteiger partial charge on any atom is -0.339 e. The molecule has 0 spiro atoms. The van der Waals surface area contributed by atoms with Crippen molar-refractivity contribution < 1.29 is 4.79 Å². The van der Waals surface area contributed by atoms with Crippen LogP contribution in [0.25, 0.3) is 0 Å². The largest absolute Gasteiger partial charge is 0.339 e. The van der Waals surface area contributed by atoms with Crippen LogP contribution in [0.4, 0.5) is 0 Å². The number of allylic oxidation sites excluding steroid dienone is 1. The molecule has 1 heterocycles. The summed E-state index contributed by atoms with van der Waals surface area (Å²) in [4.78, 5) is 13.4. The molecule has 1 unspecified atom stereocenters. The maximum atomic E-state index is 11.3. The molecule has 1 amide bonds. The number of nitrogens with one attached hydrogen (secondary N) is 1. The maximum Gasteiger partial charge on any atom is 0.238 e. The molecule has 0 bridgehead atoms. The van der Waals surface area contributed by atoms with E-state index in [2.05, 4.69) is 16.8 Å². The van der Waals surface area contributed by atoms with Crippen LogP contribution >= 0.6 is 0 Å². The van der Waals surface area contributed by atoms with Gasteiger partial charge in [-0.05, 0) is 39.7 Å². The lowest BCUT2D eigenvalue weighted by molar-refractivity contribution is -0.120. The Morgan fingerprint density at radius 2 is 2.29 bits per heavy atom. The summed E-state index contributed by atoms with van der Waals surface area (Å²) >= 11 is 0. The van der Waals surface area contributed by atoms with Crippen LogP contribution < -0.4 is 5.32 Å². The van der Waals surface area contributed by atoms with Crippen molar-refractivity contribution in [2.24, 2.45) is 0 Å². The summed E-state index contributed by atoms with van der Waals surface area (Å²) in [7, 11) is 2.00. The van der Waals surface area contributed by atoms with Crippen molar-refractivity contribution in [2.45, 2.75) is 44.8 Å². The monoisotopic (exact) mass is 196 g/mol. The summed E-state index contributed by atoms with van der Waals surface area (Å²) in [5, 5.41) is 2.99. The molecule has 0 radical (unpaired) electrons. The van der Waals surface area contributed by atoms with Crippen molar-refractivity contribution in [1.82, 2.24) is 10.2 Å². The number of amides is 1. The molecule has 3 heteroatoms. The van der Waals surface area contributed by atoms with E-state index in [9.17, 15) is 4.79 Å². The number of rotatable bonds is 5. The average molecular weight is 196 g/mol. The van der Waals surface area contributed by atoms with Crippen LogP contribution in [0.5, 0.6) is 0 Å². The van der Waals surface area contributed by atoms with Gasteiger partial charge in [0.05, 0.1) is 12.2 Å². The van der Waals surface area contributed by atoms with Gasteiger partial charge >= 0.3 is 0 Å². The van der Waals surface area contributed by atoms with E-state index in [0.717, 1.165) is 25.7 Å². The SMILES string of the molecule is C=CCCCCC1NC(=O)[C@H](C)N1C. The van der Waals surface area contributed by atoms with E-state index in [1.807, 2.05) is 20.0 Å². The first kappa shape index (κ1) is 11.2. The first-order valence-corrected chi connectivity index (χ1v) is 5.30. The minimum absolute atomic E-state index is 0.0272. The van der Waals surface area contributed by atoms with Crippen molar-refractivity contribution in [1.29, 1.82) is 0 Å². The van der Waals surface area contributed by atoms with Crippen LogP contribution in [0, 0.1) is 0 Å². The molecule has 2 atom stereocenters. The van der Waals surface area contributed by atoms with E-state index in [1.165, 1.54) is 0 Å². The normalized spacial score (nSPS) is 27.7. The number of hydrogen-bond donors (Lipinski definition) is 1. The van der Waals surface area contributed by atoms with Gasteiger partial charge in [0.15, 0.2) is 0 Å². The maximum absolute atomic E-state index is 11.3. The van der Waals surface area contributed by atoms with Gasteiger partial charge in [0, 0.05) is 0 Å². The molecule has 0 aromatic heterocycles. The highest BCUT2D eigenvalue weighted by Crippen LogP contribution is 2.15. The molecule has 1 rings (SSSR count). The second kappa shape index (κ2) is 5.15. The van der Waals surface area contributed by atoms with E-state index in [-0.39, 0.29) is 18.1 Å². The van der Waals surface area contributed by atoms with Gasteiger partial charge in [0.2, 0.25) is 5.91 Å². The zero-order valence-electron chi connectivity index (χ0n) is 9.12. The molecular formula is C11H20N2O. The quantitative estimate of drug-likeness (QED) is 0.534. The fraction of sp³-hybridized carbons (Fsp3) is 0.727. The number of likely N-dealkylation sites (N-methyl/N-ethyl adjacent to an activating group) is 1. The molecule has 0 aromatic carbocycles. The Balaban J connectivity index is 2.25. The molecular weight excluding hydrogens is 176 g/mol. The third-order valence-electron chi connectivity index (χ3n) is 2.93. The highest BCUT2D eigenvalue weighted by molar-refractivity contribution is 5.83. The third-order valence-corrected chi connectivity index (χ3v) is 2.93. The van der Waals surface area contributed by atoms with Crippen molar-refractivity contribution in [2.75, 3.05) is 7.05 Å². The number of carbonyl (C=O) groups excluding carboxylic acids is 1. The molecule has 0 aliphatic carbocycles. The Bertz CT molecular complexity index is 215. The first-order chi connectivity index (χ1) is 6.66. The van der Waals surface area contributed by atoms with Crippen molar-refractivity contribution in [3.63, 3.8) is 0 Å². The zero-order valence-corrected chi connectivity index (χ0v) is 9.12. The summed E-state index contributed by atoms with van der Waals surface area (Å²) in [5.41, 5.74) is 0. The minimum atomic E-state index is 0.0272. The topological polar surface area (TPSA) is 32.3 Å². The van der Waals surface area contributed by atoms with Gasteiger partial charge in [0.25, 0.3) is 0 Å². The Labute approximate surface area is 86.2 Å². The third kappa shape index (κ3) is 2.58. The summed E-state index contributed by atoms with van der Waals surface area (Å²) < 4.78 is 0. The van der Waals surface area contributed by atoms with Crippen LogP contribution in [0.2, 0.25) is 0 Å². The van der Waals surface area contributed by atoms with Gasteiger partial charge in [0.1, 0.15) is 0 Å². The van der Waals surface area contributed by atoms with E-state index in [1.54, 1.807) is 0 Å². The van der Waals surface area contributed by atoms with Crippen LogP contribution in [0.3, 0.4) is 0 Å². The molecule has 1 N–H and O–H groups in total. The fourth-order valence-electron chi connectivity index (χ4n) is 1.74. The predicted molar refractivity (Wildman–Crippen MR) is 57.8 cm³/mol. The number of nitrogens with zero attached hydrogens (tertiary/aromatic N) is 1. The van der Waals surface area contributed by atoms with Gasteiger partial charge in [-0.1, -0.05) is 6.08 Å². The van der Waals surface area contributed by atoms with Crippen molar-refractivity contribution in [3.05, 3.63) is 12.7 Å². The molecule has 80 valence electrons. The molecule has 1 saturated heterocycles. The predicted octanol–water partition coefficient (Wildman–Crippen LogP) is 1.51. The van der Waals surface area contributed by atoms with Gasteiger partial charge in [-0.25, -0.2) is 0 Å². The van der Waals surface area contributed by atoms with E-state index in [0.29, 0.717) is 0 Å². The highest BCUT2D eigenvalue weighted by Gasteiger charge is 2.32. The second-order valence-electron chi connectivity index (χ2n) is 3.94. The zero-order chi connectivity index (χ0) is 10.6. The van der Waals surface area contributed by atoms with Crippen LogP contribution in [0.1, 0.15) is 32.6 Å². The Hall–Kier alpha value is -0.830. The van der Waals surface area contributed by atoms with Gasteiger partial charge in [-0.15, -0.1) is 6.58 Å². The lowest BCUT2D eigenvalue weighted by atomic mass is 10.1. The molecule has 3 nitrogen and oxygen atoms in total. The Kier molecular flexibility index (Phi) is 4.14.